The van der Waals surface area contributed by atoms with Gasteiger partial charge in [-0.25, -0.2) is 0 Å². The van der Waals surface area contributed by atoms with E-state index in [-0.39, 0.29) is 5.76 Å². The van der Waals surface area contributed by atoms with E-state index in [4.69, 9.17) is 10.2 Å². The van der Waals surface area contributed by atoms with Crippen molar-refractivity contribution in [3.05, 3.63) is 23.7 Å². The van der Waals surface area contributed by atoms with Crippen molar-refractivity contribution in [1.29, 1.82) is 0 Å². The highest BCUT2D eigenvalue weighted by molar-refractivity contribution is 5.89. The van der Waals surface area contributed by atoms with Crippen LogP contribution in [0.2, 0.25) is 0 Å². The Morgan fingerprint density at radius 1 is 1.47 bits per heavy atom. The third-order valence-corrected chi connectivity index (χ3v) is 2.10. The maximum Gasteiger partial charge on any atom is 0.284 e. The van der Waals surface area contributed by atoms with E-state index in [1.54, 1.807) is 19.2 Å². The highest BCUT2D eigenvalue weighted by Crippen LogP contribution is 2.06. The van der Waals surface area contributed by atoms with Crippen molar-refractivity contribution in [2.24, 2.45) is 10.7 Å². The average molecular weight is 238 g/mol. The fourth-order valence-corrected chi connectivity index (χ4v) is 1.24. The molecule has 1 aromatic heterocycles. The Bertz CT molecular complexity index is 398. The Balaban J connectivity index is 2.45. The predicted molar refractivity (Wildman–Crippen MR) is 65.7 cm³/mol. The van der Waals surface area contributed by atoms with Crippen LogP contribution in [0.15, 0.2) is 21.5 Å². The largest absolute Gasteiger partial charge is 0.454 e. The number of nitrogens with one attached hydrogen (secondary N) is 2. The molecule has 0 unspecified atom stereocenters. The van der Waals surface area contributed by atoms with Crippen molar-refractivity contribution in [3.63, 3.8) is 0 Å². The van der Waals surface area contributed by atoms with Gasteiger partial charge in [0.15, 0.2) is 11.7 Å². The zero-order valence-corrected chi connectivity index (χ0v) is 10.1. The topological polar surface area (TPSA) is 92.6 Å². The van der Waals surface area contributed by atoms with E-state index in [1.165, 1.54) is 0 Å². The lowest BCUT2D eigenvalue weighted by Gasteiger charge is -2.09. The number of primary amides is 1. The summed E-state index contributed by atoms with van der Waals surface area (Å²) in [4.78, 5) is 14.9. The lowest BCUT2D eigenvalue weighted by Crippen LogP contribution is -2.37. The number of furan rings is 1. The summed E-state index contributed by atoms with van der Waals surface area (Å²) < 4.78 is 5.22. The van der Waals surface area contributed by atoms with Gasteiger partial charge in [0, 0.05) is 13.6 Å². The lowest BCUT2D eigenvalue weighted by atomic mass is 10.4. The first-order valence-corrected chi connectivity index (χ1v) is 5.50. The van der Waals surface area contributed by atoms with Gasteiger partial charge in [-0.1, -0.05) is 6.92 Å². The second-order valence-corrected chi connectivity index (χ2v) is 3.48. The van der Waals surface area contributed by atoms with Gasteiger partial charge in [0.05, 0.1) is 6.54 Å². The van der Waals surface area contributed by atoms with E-state index < -0.39 is 5.91 Å². The van der Waals surface area contributed by atoms with E-state index >= 15 is 0 Å². The van der Waals surface area contributed by atoms with Crippen molar-refractivity contribution < 1.29 is 9.21 Å². The van der Waals surface area contributed by atoms with Crippen molar-refractivity contribution in [1.82, 2.24) is 10.6 Å². The van der Waals surface area contributed by atoms with Gasteiger partial charge in [0.25, 0.3) is 5.91 Å². The molecular weight excluding hydrogens is 220 g/mol. The van der Waals surface area contributed by atoms with Gasteiger partial charge in [-0.05, 0) is 18.6 Å². The molecule has 1 amide bonds. The van der Waals surface area contributed by atoms with Crippen LogP contribution in [0.5, 0.6) is 0 Å². The molecule has 6 heteroatoms. The Hall–Kier alpha value is -1.98. The Kier molecular flexibility index (Phi) is 5.06. The van der Waals surface area contributed by atoms with Gasteiger partial charge >= 0.3 is 0 Å². The fraction of sp³-hybridized carbons (Fsp3) is 0.455. The first kappa shape index (κ1) is 13.1. The number of hydrogen-bond acceptors (Lipinski definition) is 3. The van der Waals surface area contributed by atoms with Gasteiger partial charge in [0.1, 0.15) is 5.76 Å². The van der Waals surface area contributed by atoms with Gasteiger partial charge in [-0.3, -0.25) is 9.79 Å². The fourth-order valence-electron chi connectivity index (χ4n) is 1.24. The normalized spacial score (nSPS) is 11.3. The number of aliphatic imine (C=N–C) groups is 1. The van der Waals surface area contributed by atoms with Crippen molar-refractivity contribution in [3.8, 4) is 0 Å². The van der Waals surface area contributed by atoms with E-state index in [9.17, 15) is 4.79 Å². The van der Waals surface area contributed by atoms with Gasteiger partial charge in [-0.2, -0.15) is 0 Å². The molecule has 4 N–H and O–H groups in total. The van der Waals surface area contributed by atoms with Crippen LogP contribution in [-0.4, -0.2) is 25.5 Å². The molecule has 1 aromatic rings. The molecule has 94 valence electrons. The Morgan fingerprint density at radius 3 is 2.76 bits per heavy atom. The molecule has 0 bridgehead atoms. The standard InChI is InChI=1S/C11H18N4O2/c1-3-6-14-11(13-2)15-7-8-4-5-9(17-8)10(12)16/h4-5H,3,6-7H2,1-2H3,(H2,12,16)(H2,13,14,15). The molecule has 0 saturated carbocycles. The molecule has 0 radical (unpaired) electrons. The molecule has 0 fully saturated rings. The smallest absolute Gasteiger partial charge is 0.284 e. The minimum Gasteiger partial charge on any atom is -0.454 e. The lowest BCUT2D eigenvalue weighted by molar-refractivity contribution is 0.0972. The van der Waals surface area contributed by atoms with Crippen LogP contribution < -0.4 is 16.4 Å². The summed E-state index contributed by atoms with van der Waals surface area (Å²) in [7, 11) is 1.70. The van der Waals surface area contributed by atoms with Gasteiger partial charge in [0.2, 0.25) is 0 Å². The summed E-state index contributed by atoms with van der Waals surface area (Å²) in [6, 6.07) is 3.27. The SMILES string of the molecule is CCCNC(=NC)NCc1ccc(C(N)=O)o1. The van der Waals surface area contributed by atoms with E-state index in [0.717, 1.165) is 13.0 Å². The maximum absolute atomic E-state index is 10.8. The molecule has 0 aliphatic heterocycles. The van der Waals surface area contributed by atoms with Crippen molar-refractivity contribution >= 4 is 11.9 Å². The summed E-state index contributed by atoms with van der Waals surface area (Å²) in [5.41, 5.74) is 5.09. The molecule has 0 aliphatic carbocycles. The molecule has 0 aromatic carbocycles. The number of nitrogens with two attached hydrogens (primary N) is 1. The van der Waals surface area contributed by atoms with Crippen LogP contribution in [0.25, 0.3) is 0 Å². The number of hydrogen-bond donors (Lipinski definition) is 3. The van der Waals surface area contributed by atoms with E-state index in [2.05, 4.69) is 22.5 Å². The third kappa shape index (κ3) is 4.18. The number of carbonyl (C=O) groups is 1. The summed E-state index contributed by atoms with van der Waals surface area (Å²) >= 11 is 0. The van der Waals surface area contributed by atoms with Gasteiger partial charge < -0.3 is 20.8 Å². The van der Waals surface area contributed by atoms with E-state index in [0.29, 0.717) is 18.3 Å². The minimum atomic E-state index is -0.565. The zero-order chi connectivity index (χ0) is 12.7. The van der Waals surface area contributed by atoms with Crippen molar-refractivity contribution in [2.75, 3.05) is 13.6 Å². The zero-order valence-electron chi connectivity index (χ0n) is 10.1. The molecule has 17 heavy (non-hydrogen) atoms. The van der Waals surface area contributed by atoms with Crippen molar-refractivity contribution in [2.45, 2.75) is 19.9 Å². The third-order valence-electron chi connectivity index (χ3n) is 2.10. The quantitative estimate of drug-likeness (QED) is 0.513. The summed E-state index contributed by atoms with van der Waals surface area (Å²) in [6.07, 6.45) is 1.02. The Morgan fingerprint density at radius 2 is 2.24 bits per heavy atom. The predicted octanol–water partition coefficient (Wildman–Crippen LogP) is 0.453. The molecule has 6 nitrogen and oxygen atoms in total. The minimum absolute atomic E-state index is 0.165. The Labute approximate surface area is 100 Å². The molecule has 1 rings (SSSR count). The summed E-state index contributed by atoms with van der Waals surface area (Å²) in [6.45, 7) is 3.38. The number of amides is 1. The second kappa shape index (κ2) is 6.57. The second-order valence-electron chi connectivity index (χ2n) is 3.48. The summed E-state index contributed by atoms with van der Waals surface area (Å²) in [5, 5.41) is 6.19. The molecule has 0 spiro atoms. The first-order valence-electron chi connectivity index (χ1n) is 5.50. The molecule has 1 heterocycles. The number of nitrogens with zero attached hydrogens (tertiary/aromatic N) is 1. The molecule has 0 aliphatic rings. The average Bonchev–Trinajstić information content (AvgIpc) is 2.78. The number of rotatable bonds is 5. The maximum atomic E-state index is 10.8. The molecular formula is C11H18N4O2. The van der Waals surface area contributed by atoms with E-state index in [1.807, 2.05) is 0 Å². The summed E-state index contributed by atoms with van der Waals surface area (Å²) in [5.74, 6) is 0.935. The van der Waals surface area contributed by atoms with Crippen LogP contribution in [0.1, 0.15) is 29.7 Å². The highest BCUT2D eigenvalue weighted by Gasteiger charge is 2.07. The monoisotopic (exact) mass is 238 g/mol. The van der Waals surface area contributed by atoms with Gasteiger partial charge in [-0.15, -0.1) is 0 Å². The van der Waals surface area contributed by atoms with Crippen LogP contribution in [-0.2, 0) is 6.54 Å². The molecule has 0 atom stereocenters. The first-order chi connectivity index (χ1) is 8.17. The number of guanidine groups is 1. The van der Waals surface area contributed by atoms with Crippen LogP contribution in [0, 0.1) is 0 Å². The number of carbonyl (C=O) groups excluding carboxylic acids is 1. The van der Waals surface area contributed by atoms with Crippen LogP contribution in [0.4, 0.5) is 0 Å². The molecule has 0 saturated heterocycles. The highest BCUT2D eigenvalue weighted by atomic mass is 16.3. The van der Waals surface area contributed by atoms with Crippen LogP contribution >= 0.6 is 0 Å². The van der Waals surface area contributed by atoms with Crippen LogP contribution in [0.3, 0.4) is 0 Å².